The third-order valence-corrected chi connectivity index (χ3v) is 6.03. The van der Waals surface area contributed by atoms with E-state index in [2.05, 4.69) is 22.3 Å². The number of aryl methyl sites for hydroxylation is 2. The number of pyridine rings is 2. The second-order valence-electron chi connectivity index (χ2n) is 8.85. The summed E-state index contributed by atoms with van der Waals surface area (Å²) in [5, 5.41) is 8.33. The van der Waals surface area contributed by atoms with E-state index in [0.717, 1.165) is 53.0 Å². The van der Waals surface area contributed by atoms with Gasteiger partial charge < -0.3 is 14.8 Å². The molecule has 1 fully saturated rings. The van der Waals surface area contributed by atoms with Crippen LogP contribution < -0.4 is 14.8 Å². The first-order chi connectivity index (χ1) is 17.0. The molecule has 3 aromatic heterocycles. The Bertz CT molecular complexity index is 1360. The fraction of sp³-hybridized carbons (Fsp3) is 0.333. The zero-order valence-corrected chi connectivity index (χ0v) is 20.2. The number of amides is 1. The van der Waals surface area contributed by atoms with Crippen molar-refractivity contribution in [3.05, 3.63) is 71.2 Å². The SMILES string of the molecule is CCCOc1ccc(Oc2ncccc2CNC(=O)c2cc(C3CC3)nc3c2c(C)nn3C)cc1. The minimum atomic E-state index is -0.164. The van der Waals surface area contributed by atoms with E-state index in [1.54, 1.807) is 10.9 Å². The van der Waals surface area contributed by atoms with Crippen molar-refractivity contribution >= 4 is 16.9 Å². The van der Waals surface area contributed by atoms with Crippen LogP contribution in [-0.4, -0.2) is 32.3 Å². The van der Waals surface area contributed by atoms with Gasteiger partial charge in [-0.15, -0.1) is 0 Å². The van der Waals surface area contributed by atoms with Gasteiger partial charge >= 0.3 is 0 Å². The van der Waals surface area contributed by atoms with Crippen LogP contribution in [0.2, 0.25) is 0 Å². The lowest BCUT2D eigenvalue weighted by atomic mass is 10.1. The molecule has 0 unspecified atom stereocenters. The third kappa shape index (κ3) is 4.96. The highest BCUT2D eigenvalue weighted by molar-refractivity contribution is 6.06. The number of carbonyl (C=O) groups is 1. The van der Waals surface area contributed by atoms with Crippen LogP contribution in [0, 0.1) is 6.92 Å². The van der Waals surface area contributed by atoms with Crippen LogP contribution in [-0.2, 0) is 13.6 Å². The number of benzene rings is 1. The van der Waals surface area contributed by atoms with Crippen LogP contribution in [0.25, 0.3) is 11.0 Å². The summed E-state index contributed by atoms with van der Waals surface area (Å²) in [5.41, 5.74) is 3.88. The molecule has 1 aliphatic rings. The molecule has 0 bridgehead atoms. The van der Waals surface area contributed by atoms with E-state index in [-0.39, 0.29) is 12.5 Å². The molecule has 0 atom stereocenters. The lowest BCUT2D eigenvalue weighted by Crippen LogP contribution is -2.24. The van der Waals surface area contributed by atoms with Crippen molar-refractivity contribution in [2.45, 2.75) is 45.6 Å². The number of ether oxygens (including phenoxy) is 2. The summed E-state index contributed by atoms with van der Waals surface area (Å²) in [6.07, 6.45) is 4.85. The summed E-state index contributed by atoms with van der Waals surface area (Å²) in [5.74, 6) is 2.16. The van der Waals surface area contributed by atoms with Crippen molar-refractivity contribution in [2.24, 2.45) is 7.05 Å². The van der Waals surface area contributed by atoms with E-state index >= 15 is 0 Å². The van der Waals surface area contributed by atoms with Gasteiger partial charge in [-0.2, -0.15) is 5.10 Å². The van der Waals surface area contributed by atoms with Gasteiger partial charge in [0, 0.05) is 37.0 Å². The van der Waals surface area contributed by atoms with Crippen molar-refractivity contribution in [3.8, 4) is 17.4 Å². The van der Waals surface area contributed by atoms with Crippen LogP contribution in [0.5, 0.6) is 17.4 Å². The number of carbonyl (C=O) groups excluding carboxylic acids is 1. The lowest BCUT2D eigenvalue weighted by molar-refractivity contribution is 0.0952. The summed E-state index contributed by atoms with van der Waals surface area (Å²) in [6, 6.07) is 13.1. The zero-order chi connectivity index (χ0) is 24.4. The number of aromatic nitrogens is 4. The molecule has 1 N–H and O–H groups in total. The second kappa shape index (κ2) is 9.74. The highest BCUT2D eigenvalue weighted by Crippen LogP contribution is 2.40. The number of fused-ring (bicyclic) bond motifs is 1. The first kappa shape index (κ1) is 22.8. The van der Waals surface area contributed by atoms with Crippen LogP contribution in [0.15, 0.2) is 48.7 Å². The predicted octanol–water partition coefficient (Wildman–Crippen LogP) is 5.06. The summed E-state index contributed by atoms with van der Waals surface area (Å²) in [6.45, 7) is 4.93. The van der Waals surface area contributed by atoms with Gasteiger partial charge in [0.25, 0.3) is 5.91 Å². The van der Waals surface area contributed by atoms with E-state index < -0.39 is 0 Å². The standard InChI is InChI=1S/C27H29N5O3/c1-4-14-34-20-9-11-21(12-10-20)35-27-19(6-5-13-28-27)16-29-26(33)22-15-23(18-7-8-18)30-25-24(22)17(2)31-32(25)3/h5-6,9-13,15,18H,4,7-8,14,16H2,1-3H3,(H,29,33). The molecule has 0 aliphatic heterocycles. The molecule has 3 heterocycles. The molecule has 1 aliphatic carbocycles. The molecular weight excluding hydrogens is 442 g/mol. The van der Waals surface area contributed by atoms with Gasteiger partial charge in [0.05, 0.1) is 23.3 Å². The van der Waals surface area contributed by atoms with Gasteiger partial charge in [-0.05, 0) is 62.6 Å². The molecule has 5 rings (SSSR count). The first-order valence-corrected chi connectivity index (χ1v) is 12.0. The van der Waals surface area contributed by atoms with Crippen molar-refractivity contribution in [3.63, 3.8) is 0 Å². The van der Waals surface area contributed by atoms with E-state index in [9.17, 15) is 4.79 Å². The molecule has 0 spiro atoms. The lowest BCUT2D eigenvalue weighted by Gasteiger charge is -2.12. The molecule has 8 heteroatoms. The van der Waals surface area contributed by atoms with E-state index in [1.807, 2.05) is 56.4 Å². The number of hydrogen-bond acceptors (Lipinski definition) is 6. The Morgan fingerprint density at radius 2 is 1.94 bits per heavy atom. The van der Waals surface area contributed by atoms with Crippen molar-refractivity contribution in [2.75, 3.05) is 6.61 Å². The zero-order valence-electron chi connectivity index (χ0n) is 20.2. The predicted molar refractivity (Wildman–Crippen MR) is 133 cm³/mol. The minimum Gasteiger partial charge on any atom is -0.494 e. The molecule has 1 saturated carbocycles. The molecule has 1 amide bonds. The highest BCUT2D eigenvalue weighted by atomic mass is 16.5. The van der Waals surface area contributed by atoms with Crippen LogP contribution in [0.4, 0.5) is 0 Å². The summed E-state index contributed by atoms with van der Waals surface area (Å²) in [7, 11) is 1.86. The molecule has 180 valence electrons. The van der Waals surface area contributed by atoms with Gasteiger partial charge in [-0.3, -0.25) is 9.48 Å². The molecule has 0 radical (unpaired) electrons. The Morgan fingerprint density at radius 3 is 2.69 bits per heavy atom. The monoisotopic (exact) mass is 471 g/mol. The normalized spacial score (nSPS) is 13.1. The summed E-state index contributed by atoms with van der Waals surface area (Å²) >= 11 is 0. The molecule has 1 aromatic carbocycles. The Kier molecular flexibility index (Phi) is 6.35. The Hall–Kier alpha value is -3.94. The topological polar surface area (TPSA) is 91.2 Å². The minimum absolute atomic E-state index is 0.164. The van der Waals surface area contributed by atoms with Crippen molar-refractivity contribution in [1.29, 1.82) is 0 Å². The smallest absolute Gasteiger partial charge is 0.252 e. The Balaban J connectivity index is 1.34. The number of rotatable bonds is 9. The average molecular weight is 472 g/mol. The van der Waals surface area contributed by atoms with Gasteiger partial charge in [-0.25, -0.2) is 9.97 Å². The largest absolute Gasteiger partial charge is 0.494 e. The molecule has 0 saturated heterocycles. The first-order valence-electron chi connectivity index (χ1n) is 12.0. The Labute approximate surface area is 204 Å². The van der Waals surface area contributed by atoms with E-state index in [4.69, 9.17) is 14.5 Å². The van der Waals surface area contributed by atoms with Crippen molar-refractivity contribution < 1.29 is 14.3 Å². The fourth-order valence-corrected chi connectivity index (χ4v) is 4.09. The average Bonchev–Trinajstić information content (AvgIpc) is 3.68. The van der Waals surface area contributed by atoms with Crippen LogP contribution in [0.1, 0.15) is 59.4 Å². The summed E-state index contributed by atoms with van der Waals surface area (Å²) < 4.78 is 13.4. The highest BCUT2D eigenvalue weighted by Gasteiger charge is 2.28. The quantitative estimate of drug-likeness (QED) is 0.367. The van der Waals surface area contributed by atoms with Gasteiger partial charge in [0.1, 0.15) is 11.5 Å². The number of nitrogens with zero attached hydrogens (tertiary/aromatic N) is 4. The molecule has 8 nitrogen and oxygen atoms in total. The molecular formula is C27H29N5O3. The Morgan fingerprint density at radius 1 is 1.17 bits per heavy atom. The van der Waals surface area contributed by atoms with Crippen LogP contribution >= 0.6 is 0 Å². The summed E-state index contributed by atoms with van der Waals surface area (Å²) in [4.78, 5) is 22.5. The van der Waals surface area contributed by atoms with Crippen molar-refractivity contribution in [1.82, 2.24) is 25.1 Å². The van der Waals surface area contributed by atoms with Gasteiger partial charge in [0.15, 0.2) is 5.65 Å². The third-order valence-electron chi connectivity index (χ3n) is 6.03. The van der Waals surface area contributed by atoms with E-state index in [0.29, 0.717) is 29.7 Å². The number of hydrogen-bond donors (Lipinski definition) is 1. The maximum absolute atomic E-state index is 13.3. The van der Waals surface area contributed by atoms with Gasteiger partial charge in [0.2, 0.25) is 5.88 Å². The number of nitrogens with one attached hydrogen (secondary N) is 1. The fourth-order valence-electron chi connectivity index (χ4n) is 4.09. The maximum Gasteiger partial charge on any atom is 0.252 e. The van der Waals surface area contributed by atoms with Crippen LogP contribution in [0.3, 0.4) is 0 Å². The maximum atomic E-state index is 13.3. The second-order valence-corrected chi connectivity index (χ2v) is 8.85. The molecule has 35 heavy (non-hydrogen) atoms. The molecule has 4 aromatic rings. The van der Waals surface area contributed by atoms with Gasteiger partial charge in [-0.1, -0.05) is 13.0 Å². The van der Waals surface area contributed by atoms with E-state index in [1.165, 1.54) is 0 Å².